The first-order chi connectivity index (χ1) is 14.0. The van der Waals surface area contributed by atoms with Crippen molar-refractivity contribution in [2.75, 3.05) is 57.4 Å². The lowest BCUT2D eigenvalue weighted by Crippen LogP contribution is -2.56. The predicted octanol–water partition coefficient (Wildman–Crippen LogP) is 1.63. The molecule has 0 bridgehead atoms. The number of benzene rings is 1. The average molecular weight is 402 g/mol. The van der Waals surface area contributed by atoms with Gasteiger partial charge in [0.05, 0.1) is 13.2 Å². The van der Waals surface area contributed by atoms with Gasteiger partial charge in [-0.05, 0) is 45.2 Å². The lowest BCUT2D eigenvalue weighted by Gasteiger charge is -2.41. The van der Waals surface area contributed by atoms with E-state index in [9.17, 15) is 4.79 Å². The molecule has 2 N–H and O–H groups in total. The number of rotatable bonds is 6. The van der Waals surface area contributed by atoms with Crippen LogP contribution in [0, 0.1) is 0 Å². The molecule has 1 saturated heterocycles. The normalized spacial score (nSPS) is 18.3. The molecule has 2 heterocycles. The summed E-state index contributed by atoms with van der Waals surface area (Å²) in [5.41, 5.74) is 2.26. The van der Waals surface area contributed by atoms with Crippen molar-refractivity contribution in [3.05, 3.63) is 29.8 Å². The minimum Gasteiger partial charge on any atom is -0.379 e. The fourth-order valence-electron chi connectivity index (χ4n) is 3.95. The Labute approximate surface area is 174 Å². The molecule has 160 valence electrons. The van der Waals surface area contributed by atoms with Gasteiger partial charge in [-0.25, -0.2) is 4.99 Å². The predicted molar refractivity (Wildman–Crippen MR) is 118 cm³/mol. The SMILES string of the molecule is CCNC(=NCC(=O)N1CCCc2ccccc21)NCC(C)(C)N1CCOCC1. The first-order valence-electron chi connectivity index (χ1n) is 10.7. The molecule has 3 rings (SSSR count). The van der Waals surface area contributed by atoms with Gasteiger partial charge in [0.1, 0.15) is 6.54 Å². The summed E-state index contributed by atoms with van der Waals surface area (Å²) in [7, 11) is 0. The topological polar surface area (TPSA) is 69.2 Å². The Balaban J connectivity index is 1.60. The van der Waals surface area contributed by atoms with Crippen molar-refractivity contribution in [3.8, 4) is 0 Å². The molecule has 1 amide bonds. The Morgan fingerprint density at radius 2 is 1.93 bits per heavy atom. The quantitative estimate of drug-likeness (QED) is 0.560. The number of morpholine rings is 1. The number of aryl methyl sites for hydroxylation is 1. The third-order valence-corrected chi connectivity index (χ3v) is 5.68. The summed E-state index contributed by atoms with van der Waals surface area (Å²) in [6.07, 6.45) is 2.03. The number of para-hydroxylation sites is 1. The molecular formula is C22H35N5O2. The van der Waals surface area contributed by atoms with Crippen LogP contribution in [0.3, 0.4) is 0 Å². The lowest BCUT2D eigenvalue weighted by atomic mass is 10.0. The number of anilines is 1. The summed E-state index contributed by atoms with van der Waals surface area (Å²) in [6.45, 7) is 12.3. The van der Waals surface area contributed by atoms with Crippen LogP contribution < -0.4 is 15.5 Å². The number of carbonyl (C=O) groups is 1. The molecule has 7 nitrogen and oxygen atoms in total. The summed E-state index contributed by atoms with van der Waals surface area (Å²) < 4.78 is 5.47. The second kappa shape index (κ2) is 10.1. The van der Waals surface area contributed by atoms with E-state index in [1.54, 1.807) is 0 Å². The molecule has 0 spiro atoms. The van der Waals surface area contributed by atoms with Crippen LogP contribution in [-0.4, -0.2) is 74.8 Å². The highest BCUT2D eigenvalue weighted by molar-refractivity contribution is 5.97. The molecule has 2 aliphatic heterocycles. The number of carbonyl (C=O) groups excluding carboxylic acids is 1. The van der Waals surface area contributed by atoms with Crippen molar-refractivity contribution < 1.29 is 9.53 Å². The molecule has 0 aliphatic carbocycles. The summed E-state index contributed by atoms with van der Waals surface area (Å²) in [4.78, 5) is 21.7. The Morgan fingerprint density at radius 1 is 1.17 bits per heavy atom. The van der Waals surface area contributed by atoms with Crippen LogP contribution in [0.25, 0.3) is 0 Å². The van der Waals surface area contributed by atoms with E-state index in [0.717, 1.165) is 64.5 Å². The maximum absolute atomic E-state index is 12.9. The highest BCUT2D eigenvalue weighted by Crippen LogP contribution is 2.26. The summed E-state index contributed by atoms with van der Waals surface area (Å²) in [6, 6.07) is 8.17. The molecule has 0 unspecified atom stereocenters. The van der Waals surface area contributed by atoms with Crippen molar-refractivity contribution in [1.82, 2.24) is 15.5 Å². The van der Waals surface area contributed by atoms with E-state index in [1.807, 2.05) is 30.0 Å². The number of amides is 1. The number of ether oxygens (including phenoxy) is 1. The van der Waals surface area contributed by atoms with Crippen molar-refractivity contribution in [3.63, 3.8) is 0 Å². The lowest BCUT2D eigenvalue weighted by molar-refractivity contribution is -0.117. The van der Waals surface area contributed by atoms with Crippen LogP contribution in [-0.2, 0) is 16.0 Å². The summed E-state index contributed by atoms with van der Waals surface area (Å²) in [5, 5.41) is 6.68. The van der Waals surface area contributed by atoms with Gasteiger partial charge in [0.2, 0.25) is 5.91 Å². The molecule has 2 aliphatic rings. The monoisotopic (exact) mass is 401 g/mol. The zero-order chi connectivity index (χ0) is 20.7. The first-order valence-corrected chi connectivity index (χ1v) is 10.7. The molecule has 1 aromatic carbocycles. The van der Waals surface area contributed by atoms with E-state index in [4.69, 9.17) is 4.74 Å². The number of nitrogens with zero attached hydrogens (tertiary/aromatic N) is 3. The number of nitrogens with one attached hydrogen (secondary N) is 2. The Kier molecular flexibility index (Phi) is 7.50. The van der Waals surface area contributed by atoms with Gasteiger partial charge in [-0.3, -0.25) is 9.69 Å². The molecule has 1 fully saturated rings. The van der Waals surface area contributed by atoms with Gasteiger partial charge in [-0.1, -0.05) is 18.2 Å². The van der Waals surface area contributed by atoms with E-state index < -0.39 is 0 Å². The molecule has 7 heteroatoms. The Morgan fingerprint density at radius 3 is 2.69 bits per heavy atom. The van der Waals surface area contributed by atoms with Crippen molar-refractivity contribution >= 4 is 17.6 Å². The second-order valence-electron chi connectivity index (χ2n) is 8.24. The minimum atomic E-state index is -0.0181. The van der Waals surface area contributed by atoms with Crippen molar-refractivity contribution in [2.45, 2.75) is 39.2 Å². The van der Waals surface area contributed by atoms with Gasteiger partial charge >= 0.3 is 0 Å². The first kappa shape index (κ1) is 21.6. The molecule has 29 heavy (non-hydrogen) atoms. The van der Waals surface area contributed by atoms with Crippen LogP contribution in [0.2, 0.25) is 0 Å². The summed E-state index contributed by atoms with van der Waals surface area (Å²) in [5.74, 6) is 0.731. The fraction of sp³-hybridized carbons (Fsp3) is 0.636. The van der Waals surface area contributed by atoms with E-state index in [-0.39, 0.29) is 18.0 Å². The number of aliphatic imine (C=N–C) groups is 1. The number of hydrogen-bond acceptors (Lipinski definition) is 4. The van der Waals surface area contributed by atoms with Gasteiger partial charge in [0.15, 0.2) is 5.96 Å². The third kappa shape index (κ3) is 5.70. The number of fused-ring (bicyclic) bond motifs is 1. The van der Waals surface area contributed by atoms with E-state index in [2.05, 4.69) is 40.4 Å². The molecule has 0 aromatic heterocycles. The van der Waals surface area contributed by atoms with E-state index in [1.165, 1.54) is 5.56 Å². The van der Waals surface area contributed by atoms with Crippen LogP contribution in [0.1, 0.15) is 32.8 Å². The molecule has 0 atom stereocenters. The number of hydrogen-bond donors (Lipinski definition) is 2. The molecular weight excluding hydrogens is 366 g/mol. The zero-order valence-electron chi connectivity index (χ0n) is 18.0. The minimum absolute atomic E-state index is 0.0181. The second-order valence-corrected chi connectivity index (χ2v) is 8.24. The highest BCUT2D eigenvalue weighted by atomic mass is 16.5. The van der Waals surface area contributed by atoms with Crippen LogP contribution in [0.15, 0.2) is 29.3 Å². The zero-order valence-corrected chi connectivity index (χ0v) is 18.0. The maximum Gasteiger partial charge on any atom is 0.248 e. The van der Waals surface area contributed by atoms with Crippen molar-refractivity contribution in [1.29, 1.82) is 0 Å². The smallest absolute Gasteiger partial charge is 0.248 e. The van der Waals surface area contributed by atoms with Gasteiger partial charge in [-0.2, -0.15) is 0 Å². The fourth-order valence-corrected chi connectivity index (χ4v) is 3.95. The standard InChI is InChI=1S/C22H35N5O2/c1-4-23-21(25-17-22(2,3)26-12-14-29-15-13-26)24-16-20(28)27-11-7-9-18-8-5-6-10-19(18)27/h5-6,8,10H,4,7,9,11-17H2,1-3H3,(H2,23,24,25). The molecule has 0 saturated carbocycles. The third-order valence-electron chi connectivity index (χ3n) is 5.68. The highest BCUT2D eigenvalue weighted by Gasteiger charge is 2.28. The van der Waals surface area contributed by atoms with Gasteiger partial charge in [-0.15, -0.1) is 0 Å². The van der Waals surface area contributed by atoms with Gasteiger partial charge in [0, 0.05) is 44.0 Å². The van der Waals surface area contributed by atoms with Gasteiger partial charge < -0.3 is 20.3 Å². The van der Waals surface area contributed by atoms with Gasteiger partial charge in [0.25, 0.3) is 0 Å². The molecule has 0 radical (unpaired) electrons. The Hall–Kier alpha value is -2.12. The van der Waals surface area contributed by atoms with Crippen LogP contribution >= 0.6 is 0 Å². The van der Waals surface area contributed by atoms with Crippen LogP contribution in [0.4, 0.5) is 5.69 Å². The Bertz CT molecular complexity index is 713. The van der Waals surface area contributed by atoms with E-state index in [0.29, 0.717) is 5.96 Å². The maximum atomic E-state index is 12.9. The largest absolute Gasteiger partial charge is 0.379 e. The number of guanidine groups is 1. The summed E-state index contributed by atoms with van der Waals surface area (Å²) >= 11 is 0. The average Bonchev–Trinajstić information content (AvgIpc) is 2.75. The van der Waals surface area contributed by atoms with Crippen LogP contribution in [0.5, 0.6) is 0 Å². The van der Waals surface area contributed by atoms with Crippen molar-refractivity contribution in [2.24, 2.45) is 4.99 Å². The molecule has 1 aromatic rings. The van der Waals surface area contributed by atoms with E-state index >= 15 is 0 Å².